The molecule has 0 saturated heterocycles. The lowest BCUT2D eigenvalue weighted by Crippen LogP contribution is -2.30. The van der Waals surface area contributed by atoms with E-state index >= 15 is 0 Å². The van der Waals surface area contributed by atoms with Gasteiger partial charge in [-0.1, -0.05) is 272 Å². The fourth-order valence-corrected chi connectivity index (χ4v) is 8.52. The third kappa shape index (κ3) is 49.4. The number of carbonyl (C=O) groups excluding carboxylic acids is 3. The summed E-state index contributed by atoms with van der Waals surface area (Å²) >= 11 is 0. The molecule has 0 aliphatic carbocycles. The van der Waals surface area contributed by atoms with Crippen molar-refractivity contribution in [1.82, 2.24) is 0 Å². The quantitative estimate of drug-likeness (QED) is 0.0344. The number of unbranched alkanes of at least 4 members (excludes halogenated alkanes) is 35. The van der Waals surface area contributed by atoms with Crippen molar-refractivity contribution >= 4 is 17.9 Å². The molecule has 0 aliphatic heterocycles. The monoisotopic (exact) mass is 877 g/mol. The second kappa shape index (κ2) is 48.9. The van der Waals surface area contributed by atoms with Gasteiger partial charge in [-0.2, -0.15) is 0 Å². The summed E-state index contributed by atoms with van der Waals surface area (Å²) < 4.78 is 16.8. The number of hydrogen-bond acceptors (Lipinski definition) is 6. The molecular formula is C56H108O6. The standard InChI is InChI=1S/C56H108O6/c1-6-7-8-9-10-11-12-20-26-31-36-41-46-54(57)60-49-53(62-56(59)48-43-38-33-28-23-22-25-30-35-40-45-52(4)5)50-61-55(58)47-42-37-32-27-21-18-16-14-13-15-17-19-24-29-34-39-44-51(2)3/h51-53H,6-50H2,1-5H3/t53-/m1/s1. The van der Waals surface area contributed by atoms with Gasteiger partial charge in [-0.05, 0) is 31.1 Å². The molecule has 368 valence electrons. The zero-order chi connectivity index (χ0) is 45.4. The Morgan fingerprint density at radius 1 is 0.306 bits per heavy atom. The molecular weight excluding hydrogens is 769 g/mol. The van der Waals surface area contributed by atoms with E-state index < -0.39 is 6.10 Å². The van der Waals surface area contributed by atoms with Gasteiger partial charge in [0.25, 0.3) is 0 Å². The molecule has 0 heterocycles. The van der Waals surface area contributed by atoms with Crippen molar-refractivity contribution in [2.24, 2.45) is 11.8 Å². The molecule has 6 heteroatoms. The van der Waals surface area contributed by atoms with Crippen LogP contribution in [0.15, 0.2) is 0 Å². The van der Waals surface area contributed by atoms with E-state index in [1.54, 1.807) is 0 Å². The van der Waals surface area contributed by atoms with E-state index in [0.29, 0.717) is 19.3 Å². The van der Waals surface area contributed by atoms with Crippen LogP contribution in [0, 0.1) is 11.8 Å². The molecule has 1 atom stereocenters. The molecule has 0 N–H and O–H groups in total. The third-order valence-corrected chi connectivity index (χ3v) is 12.7. The molecule has 0 aromatic carbocycles. The lowest BCUT2D eigenvalue weighted by atomic mass is 10.0. The van der Waals surface area contributed by atoms with Crippen LogP contribution in [0.2, 0.25) is 0 Å². The summed E-state index contributed by atoms with van der Waals surface area (Å²) in [5, 5.41) is 0. The Morgan fingerprint density at radius 3 is 0.790 bits per heavy atom. The highest BCUT2D eigenvalue weighted by Crippen LogP contribution is 2.18. The normalized spacial score (nSPS) is 12.0. The SMILES string of the molecule is CCCCCCCCCCCCCCC(=O)OC[C@H](COC(=O)CCCCCCCCCCCCCCCCCCC(C)C)OC(=O)CCCCCCCCCCCCC(C)C. The fraction of sp³-hybridized carbons (Fsp3) is 0.946. The number of hydrogen-bond donors (Lipinski definition) is 0. The van der Waals surface area contributed by atoms with E-state index in [-0.39, 0.29) is 31.1 Å². The Bertz CT molecular complexity index is 947. The van der Waals surface area contributed by atoms with Gasteiger partial charge in [0.15, 0.2) is 6.10 Å². The molecule has 0 rings (SSSR count). The summed E-state index contributed by atoms with van der Waals surface area (Å²) in [6.07, 6.45) is 50.9. The molecule has 0 aromatic heterocycles. The van der Waals surface area contributed by atoms with Crippen LogP contribution in [0.5, 0.6) is 0 Å². The number of esters is 3. The zero-order valence-electron chi connectivity index (χ0n) is 42.5. The second-order valence-corrected chi connectivity index (χ2v) is 20.2. The Morgan fingerprint density at radius 2 is 0.532 bits per heavy atom. The van der Waals surface area contributed by atoms with Gasteiger partial charge in [0, 0.05) is 19.3 Å². The van der Waals surface area contributed by atoms with Crippen molar-refractivity contribution < 1.29 is 28.6 Å². The predicted octanol–water partition coefficient (Wildman–Crippen LogP) is 18.1. The maximum Gasteiger partial charge on any atom is 0.306 e. The first-order valence-electron chi connectivity index (χ1n) is 27.7. The van der Waals surface area contributed by atoms with Crippen LogP contribution in [-0.2, 0) is 28.6 Å². The highest BCUT2D eigenvalue weighted by molar-refractivity contribution is 5.71. The van der Waals surface area contributed by atoms with Crippen molar-refractivity contribution in [3.05, 3.63) is 0 Å². The van der Waals surface area contributed by atoms with Gasteiger partial charge in [0.2, 0.25) is 0 Å². The second-order valence-electron chi connectivity index (χ2n) is 20.2. The van der Waals surface area contributed by atoms with Crippen LogP contribution < -0.4 is 0 Å². The number of carbonyl (C=O) groups is 3. The summed E-state index contributed by atoms with van der Waals surface area (Å²) in [6, 6.07) is 0. The van der Waals surface area contributed by atoms with E-state index in [4.69, 9.17) is 14.2 Å². The fourth-order valence-electron chi connectivity index (χ4n) is 8.52. The Kier molecular flexibility index (Phi) is 47.6. The van der Waals surface area contributed by atoms with Gasteiger partial charge in [-0.3, -0.25) is 14.4 Å². The molecule has 0 radical (unpaired) electrons. The Balaban J connectivity index is 4.26. The molecule has 62 heavy (non-hydrogen) atoms. The van der Waals surface area contributed by atoms with Gasteiger partial charge >= 0.3 is 17.9 Å². The number of rotatable bonds is 50. The molecule has 0 aromatic rings. The van der Waals surface area contributed by atoms with E-state index in [0.717, 1.165) is 69.6 Å². The molecule has 6 nitrogen and oxygen atoms in total. The highest BCUT2D eigenvalue weighted by atomic mass is 16.6. The minimum atomic E-state index is -0.762. The van der Waals surface area contributed by atoms with Gasteiger partial charge in [-0.25, -0.2) is 0 Å². The van der Waals surface area contributed by atoms with Gasteiger partial charge in [-0.15, -0.1) is 0 Å². The summed E-state index contributed by atoms with van der Waals surface area (Å²) in [5.41, 5.74) is 0. The van der Waals surface area contributed by atoms with Gasteiger partial charge in [0.05, 0.1) is 0 Å². The lowest BCUT2D eigenvalue weighted by molar-refractivity contribution is -0.167. The third-order valence-electron chi connectivity index (χ3n) is 12.7. The summed E-state index contributed by atoms with van der Waals surface area (Å²) in [4.78, 5) is 38.0. The molecule has 0 fully saturated rings. The Labute approximate surface area is 387 Å². The van der Waals surface area contributed by atoms with Crippen molar-refractivity contribution in [3.8, 4) is 0 Å². The lowest BCUT2D eigenvalue weighted by Gasteiger charge is -2.18. The molecule has 0 amide bonds. The topological polar surface area (TPSA) is 78.9 Å². The average molecular weight is 877 g/mol. The molecule has 0 spiro atoms. The smallest absolute Gasteiger partial charge is 0.306 e. The molecule has 0 unspecified atom stereocenters. The molecule has 0 aliphatic rings. The maximum absolute atomic E-state index is 12.8. The predicted molar refractivity (Wildman–Crippen MR) is 266 cm³/mol. The Hall–Kier alpha value is -1.59. The average Bonchev–Trinajstić information content (AvgIpc) is 3.24. The van der Waals surface area contributed by atoms with Gasteiger partial charge in [0.1, 0.15) is 13.2 Å². The number of ether oxygens (including phenoxy) is 3. The van der Waals surface area contributed by atoms with Crippen molar-refractivity contribution in [3.63, 3.8) is 0 Å². The van der Waals surface area contributed by atoms with E-state index in [1.165, 1.54) is 199 Å². The highest BCUT2D eigenvalue weighted by Gasteiger charge is 2.19. The van der Waals surface area contributed by atoms with Crippen LogP contribution in [0.1, 0.15) is 311 Å². The van der Waals surface area contributed by atoms with Crippen LogP contribution >= 0.6 is 0 Å². The molecule has 0 bridgehead atoms. The zero-order valence-corrected chi connectivity index (χ0v) is 42.5. The largest absolute Gasteiger partial charge is 0.462 e. The van der Waals surface area contributed by atoms with Crippen LogP contribution in [0.25, 0.3) is 0 Å². The van der Waals surface area contributed by atoms with Crippen LogP contribution in [0.4, 0.5) is 0 Å². The minimum absolute atomic E-state index is 0.0631. The van der Waals surface area contributed by atoms with Crippen molar-refractivity contribution in [2.75, 3.05) is 13.2 Å². The first kappa shape index (κ1) is 60.4. The summed E-state index contributed by atoms with van der Waals surface area (Å²) in [7, 11) is 0. The van der Waals surface area contributed by atoms with Crippen LogP contribution in [-0.4, -0.2) is 37.2 Å². The van der Waals surface area contributed by atoms with E-state index in [2.05, 4.69) is 34.6 Å². The maximum atomic E-state index is 12.8. The van der Waals surface area contributed by atoms with Crippen molar-refractivity contribution in [1.29, 1.82) is 0 Å². The van der Waals surface area contributed by atoms with E-state index in [9.17, 15) is 14.4 Å². The van der Waals surface area contributed by atoms with Crippen molar-refractivity contribution in [2.45, 2.75) is 317 Å². The van der Waals surface area contributed by atoms with Gasteiger partial charge < -0.3 is 14.2 Å². The first-order chi connectivity index (χ1) is 30.2. The first-order valence-corrected chi connectivity index (χ1v) is 27.7. The molecule has 0 saturated carbocycles. The van der Waals surface area contributed by atoms with E-state index in [1.807, 2.05) is 0 Å². The summed E-state index contributed by atoms with van der Waals surface area (Å²) in [5.74, 6) is 0.826. The van der Waals surface area contributed by atoms with Crippen LogP contribution in [0.3, 0.4) is 0 Å². The minimum Gasteiger partial charge on any atom is -0.462 e. The summed E-state index contributed by atoms with van der Waals surface area (Å²) in [6.45, 7) is 11.4.